The van der Waals surface area contributed by atoms with Crippen LogP contribution in [-0.2, 0) is 0 Å². The molecule has 0 spiro atoms. The van der Waals surface area contributed by atoms with Crippen LogP contribution < -0.4 is 5.32 Å². The predicted molar refractivity (Wildman–Crippen MR) is 60.9 cm³/mol. The van der Waals surface area contributed by atoms with Gasteiger partial charge >= 0.3 is 0 Å². The Balaban J connectivity index is 0.000000791. The summed E-state index contributed by atoms with van der Waals surface area (Å²) in [5.41, 5.74) is 0. The number of hydrogen-bond donors (Lipinski definition) is 1. The molecule has 1 aromatic heterocycles. The van der Waals surface area contributed by atoms with Gasteiger partial charge < -0.3 is 5.32 Å². The highest BCUT2D eigenvalue weighted by atomic mass is 32.1. The first-order chi connectivity index (χ1) is 6.65. The van der Waals surface area contributed by atoms with E-state index in [1.54, 1.807) is 13.2 Å². The molecule has 1 N–H and O–H groups in total. The van der Waals surface area contributed by atoms with Gasteiger partial charge in [-0.05, 0) is 0 Å². The van der Waals surface area contributed by atoms with Gasteiger partial charge in [0.1, 0.15) is 4.88 Å². The zero-order valence-electron chi connectivity index (χ0n) is 9.42. The van der Waals surface area contributed by atoms with E-state index in [1.165, 1.54) is 11.3 Å². The van der Waals surface area contributed by atoms with Crippen molar-refractivity contribution in [2.24, 2.45) is 0 Å². The summed E-state index contributed by atoms with van der Waals surface area (Å²) >= 11 is 1.45. The summed E-state index contributed by atoms with van der Waals surface area (Å²) in [4.78, 5) is 15.9. The van der Waals surface area contributed by atoms with E-state index >= 15 is 0 Å². The molecule has 0 aromatic carbocycles. The van der Waals surface area contributed by atoms with E-state index in [0.717, 1.165) is 5.01 Å². The summed E-state index contributed by atoms with van der Waals surface area (Å²) < 4.78 is 0. The molecule has 1 rings (SSSR count). The van der Waals surface area contributed by atoms with Gasteiger partial charge in [-0.3, -0.25) is 4.79 Å². The third kappa shape index (κ3) is 3.46. The lowest BCUT2D eigenvalue weighted by atomic mass is 10.2. The third-order valence-electron chi connectivity index (χ3n) is 1.47. The number of amides is 1. The zero-order chi connectivity index (χ0) is 11.1. The maximum atomic E-state index is 11.1. The molecule has 80 valence electrons. The van der Waals surface area contributed by atoms with E-state index in [2.05, 4.69) is 24.1 Å². The molecule has 1 amide bonds. The van der Waals surface area contributed by atoms with E-state index in [1.807, 2.05) is 13.8 Å². The van der Waals surface area contributed by atoms with Gasteiger partial charge in [0.15, 0.2) is 0 Å². The topological polar surface area (TPSA) is 42.0 Å². The highest BCUT2D eigenvalue weighted by molar-refractivity contribution is 7.13. The second kappa shape index (κ2) is 6.54. The minimum Gasteiger partial charge on any atom is -0.354 e. The molecular formula is C10H18N2OS. The number of carbonyl (C=O) groups excluding carboxylic acids is 1. The molecule has 0 aliphatic heterocycles. The van der Waals surface area contributed by atoms with E-state index < -0.39 is 0 Å². The summed E-state index contributed by atoms with van der Waals surface area (Å²) in [5.74, 6) is 0.341. The molecule has 1 heterocycles. The molecule has 0 saturated carbocycles. The molecular weight excluding hydrogens is 196 g/mol. The van der Waals surface area contributed by atoms with Crippen LogP contribution in [-0.4, -0.2) is 17.9 Å². The minimum absolute atomic E-state index is 0.0561. The molecule has 0 aliphatic rings. The van der Waals surface area contributed by atoms with E-state index in [9.17, 15) is 4.79 Å². The maximum absolute atomic E-state index is 11.1. The highest BCUT2D eigenvalue weighted by Gasteiger charge is 2.10. The van der Waals surface area contributed by atoms with Crippen LogP contribution in [0.4, 0.5) is 0 Å². The second-order valence-corrected chi connectivity index (χ2v) is 3.86. The van der Waals surface area contributed by atoms with Crippen LogP contribution in [0.1, 0.15) is 48.3 Å². The van der Waals surface area contributed by atoms with Crippen molar-refractivity contribution in [1.82, 2.24) is 10.3 Å². The van der Waals surface area contributed by atoms with Crippen LogP contribution in [0.5, 0.6) is 0 Å². The van der Waals surface area contributed by atoms with E-state index in [0.29, 0.717) is 10.8 Å². The average Bonchev–Trinajstić information content (AvgIpc) is 2.68. The van der Waals surface area contributed by atoms with Crippen molar-refractivity contribution in [3.05, 3.63) is 16.1 Å². The highest BCUT2D eigenvalue weighted by Crippen LogP contribution is 2.20. The summed E-state index contributed by atoms with van der Waals surface area (Å²) in [5, 5.41) is 3.57. The van der Waals surface area contributed by atoms with Crippen molar-refractivity contribution in [3.8, 4) is 0 Å². The zero-order valence-corrected chi connectivity index (χ0v) is 10.2. The van der Waals surface area contributed by atoms with Crippen LogP contribution in [0, 0.1) is 0 Å². The third-order valence-corrected chi connectivity index (χ3v) is 2.76. The van der Waals surface area contributed by atoms with Gasteiger partial charge in [0.2, 0.25) is 0 Å². The molecule has 4 heteroatoms. The van der Waals surface area contributed by atoms with Crippen molar-refractivity contribution in [2.75, 3.05) is 7.05 Å². The lowest BCUT2D eigenvalue weighted by Gasteiger charge is -1.95. The van der Waals surface area contributed by atoms with Gasteiger partial charge in [-0.1, -0.05) is 27.7 Å². The van der Waals surface area contributed by atoms with Crippen LogP contribution in [0.3, 0.4) is 0 Å². The number of rotatable bonds is 2. The molecule has 1 aromatic rings. The Hall–Kier alpha value is -0.900. The lowest BCUT2D eigenvalue weighted by Crippen LogP contribution is -2.16. The number of nitrogens with one attached hydrogen (secondary N) is 1. The molecule has 0 radical (unpaired) electrons. The Labute approximate surface area is 89.6 Å². The molecule has 14 heavy (non-hydrogen) atoms. The fourth-order valence-corrected chi connectivity index (χ4v) is 1.65. The van der Waals surface area contributed by atoms with Crippen molar-refractivity contribution < 1.29 is 4.79 Å². The van der Waals surface area contributed by atoms with Crippen molar-refractivity contribution in [1.29, 1.82) is 0 Å². The Morgan fingerprint density at radius 1 is 1.50 bits per heavy atom. The Kier molecular flexibility index (Phi) is 6.12. The molecule has 0 aliphatic carbocycles. The van der Waals surface area contributed by atoms with Gasteiger partial charge in [0.05, 0.1) is 11.2 Å². The standard InChI is InChI=1S/C8H12N2OS.C2H6/c1-5(2)8-10-4-6(12-8)7(11)9-3;1-2/h4-5H,1-3H3,(H,9,11);1-2H3. The van der Waals surface area contributed by atoms with Crippen LogP contribution in [0.2, 0.25) is 0 Å². The van der Waals surface area contributed by atoms with Crippen molar-refractivity contribution >= 4 is 17.2 Å². The first-order valence-corrected chi connectivity index (χ1v) is 5.64. The Morgan fingerprint density at radius 2 is 2.07 bits per heavy atom. The fourth-order valence-electron chi connectivity index (χ4n) is 0.783. The van der Waals surface area contributed by atoms with Gasteiger partial charge in [-0.2, -0.15) is 0 Å². The number of nitrogens with zero attached hydrogens (tertiary/aromatic N) is 1. The fraction of sp³-hybridized carbons (Fsp3) is 0.600. The van der Waals surface area contributed by atoms with E-state index in [4.69, 9.17) is 0 Å². The Bertz CT molecular complexity index is 281. The molecule has 0 atom stereocenters. The average molecular weight is 214 g/mol. The van der Waals surface area contributed by atoms with Crippen molar-refractivity contribution in [3.63, 3.8) is 0 Å². The van der Waals surface area contributed by atoms with Gasteiger partial charge in [-0.25, -0.2) is 4.98 Å². The van der Waals surface area contributed by atoms with Crippen LogP contribution >= 0.6 is 11.3 Å². The number of carbonyl (C=O) groups is 1. The summed E-state index contributed by atoms with van der Waals surface area (Å²) in [6.07, 6.45) is 1.62. The Morgan fingerprint density at radius 3 is 2.43 bits per heavy atom. The SMILES string of the molecule is CC.CNC(=O)c1cnc(C(C)C)s1. The molecule has 0 fully saturated rings. The molecule has 0 unspecified atom stereocenters. The number of aromatic nitrogens is 1. The largest absolute Gasteiger partial charge is 0.354 e. The smallest absolute Gasteiger partial charge is 0.262 e. The lowest BCUT2D eigenvalue weighted by molar-refractivity contribution is 0.0967. The molecule has 3 nitrogen and oxygen atoms in total. The first kappa shape index (κ1) is 13.1. The number of hydrogen-bond acceptors (Lipinski definition) is 3. The molecule has 0 bridgehead atoms. The van der Waals surface area contributed by atoms with E-state index in [-0.39, 0.29) is 5.91 Å². The van der Waals surface area contributed by atoms with Gasteiger partial charge in [-0.15, -0.1) is 11.3 Å². The summed E-state index contributed by atoms with van der Waals surface area (Å²) in [6.45, 7) is 8.12. The second-order valence-electron chi connectivity index (χ2n) is 2.80. The van der Waals surface area contributed by atoms with Crippen LogP contribution in [0.15, 0.2) is 6.20 Å². The quantitative estimate of drug-likeness (QED) is 0.822. The van der Waals surface area contributed by atoms with Gasteiger partial charge in [0, 0.05) is 13.0 Å². The minimum atomic E-state index is -0.0561. The van der Waals surface area contributed by atoms with Crippen LogP contribution in [0.25, 0.3) is 0 Å². The predicted octanol–water partition coefficient (Wildman–Crippen LogP) is 2.65. The number of thiazole rings is 1. The maximum Gasteiger partial charge on any atom is 0.262 e. The monoisotopic (exact) mass is 214 g/mol. The summed E-state index contributed by atoms with van der Waals surface area (Å²) in [6, 6.07) is 0. The van der Waals surface area contributed by atoms with Gasteiger partial charge in [0.25, 0.3) is 5.91 Å². The molecule has 0 saturated heterocycles. The normalized spacial score (nSPS) is 9.29. The summed E-state index contributed by atoms with van der Waals surface area (Å²) in [7, 11) is 1.62. The first-order valence-electron chi connectivity index (χ1n) is 4.83. The van der Waals surface area contributed by atoms with Crippen molar-refractivity contribution in [2.45, 2.75) is 33.6 Å².